The van der Waals surface area contributed by atoms with Crippen molar-refractivity contribution < 1.29 is 9.90 Å². The highest BCUT2D eigenvalue weighted by Gasteiger charge is 2.31. The van der Waals surface area contributed by atoms with Crippen molar-refractivity contribution in [3.63, 3.8) is 0 Å². The van der Waals surface area contributed by atoms with Crippen LogP contribution in [-0.4, -0.2) is 66.7 Å². The van der Waals surface area contributed by atoms with Crippen LogP contribution in [0, 0.1) is 0 Å². The molecule has 0 spiro atoms. The van der Waals surface area contributed by atoms with E-state index in [4.69, 9.17) is 0 Å². The Morgan fingerprint density at radius 3 is 2.86 bits per heavy atom. The summed E-state index contributed by atoms with van der Waals surface area (Å²) < 4.78 is 0. The number of amides is 1. The summed E-state index contributed by atoms with van der Waals surface area (Å²) in [6.07, 6.45) is 1.45. The van der Waals surface area contributed by atoms with E-state index in [9.17, 15) is 9.90 Å². The van der Waals surface area contributed by atoms with Crippen LogP contribution in [0.3, 0.4) is 0 Å². The van der Waals surface area contributed by atoms with Crippen molar-refractivity contribution in [3.05, 3.63) is 35.9 Å². The van der Waals surface area contributed by atoms with Crippen LogP contribution in [0.1, 0.15) is 18.4 Å². The molecule has 5 heteroatoms. The second kappa shape index (κ2) is 8.27. The SMILES string of the molecule is CNC(=O)C1CCCN1CC(O)CN(C)Cc1ccccc1. The lowest BCUT2D eigenvalue weighted by molar-refractivity contribution is -0.125. The van der Waals surface area contributed by atoms with E-state index in [-0.39, 0.29) is 11.9 Å². The Kier molecular flexibility index (Phi) is 6.36. The summed E-state index contributed by atoms with van der Waals surface area (Å²) in [7, 11) is 3.68. The van der Waals surface area contributed by atoms with Crippen LogP contribution in [0.4, 0.5) is 0 Å². The van der Waals surface area contributed by atoms with E-state index < -0.39 is 6.10 Å². The first kappa shape index (κ1) is 16.9. The molecule has 1 aromatic carbocycles. The molecule has 1 fully saturated rings. The van der Waals surface area contributed by atoms with Gasteiger partial charge < -0.3 is 10.4 Å². The van der Waals surface area contributed by atoms with Gasteiger partial charge in [-0.25, -0.2) is 0 Å². The fraction of sp³-hybridized carbons (Fsp3) is 0.588. The molecule has 0 bridgehead atoms. The fourth-order valence-electron chi connectivity index (χ4n) is 3.16. The molecule has 0 radical (unpaired) electrons. The van der Waals surface area contributed by atoms with Gasteiger partial charge in [-0.15, -0.1) is 0 Å². The van der Waals surface area contributed by atoms with Gasteiger partial charge in [0.25, 0.3) is 0 Å². The van der Waals surface area contributed by atoms with Gasteiger partial charge in [-0.05, 0) is 32.0 Å². The zero-order chi connectivity index (χ0) is 15.9. The van der Waals surface area contributed by atoms with Crippen LogP contribution in [0.15, 0.2) is 30.3 Å². The third-order valence-electron chi connectivity index (χ3n) is 4.18. The lowest BCUT2D eigenvalue weighted by Crippen LogP contribution is -2.46. The van der Waals surface area contributed by atoms with E-state index in [1.54, 1.807) is 7.05 Å². The summed E-state index contributed by atoms with van der Waals surface area (Å²) in [5.41, 5.74) is 1.24. The summed E-state index contributed by atoms with van der Waals surface area (Å²) >= 11 is 0. The topological polar surface area (TPSA) is 55.8 Å². The Morgan fingerprint density at radius 2 is 2.18 bits per heavy atom. The molecule has 1 amide bonds. The average molecular weight is 305 g/mol. The molecule has 2 rings (SSSR count). The smallest absolute Gasteiger partial charge is 0.237 e. The Morgan fingerprint density at radius 1 is 1.45 bits per heavy atom. The van der Waals surface area contributed by atoms with E-state index >= 15 is 0 Å². The van der Waals surface area contributed by atoms with Gasteiger partial charge in [0, 0.05) is 26.7 Å². The number of aliphatic hydroxyl groups is 1. The van der Waals surface area contributed by atoms with Crippen molar-refractivity contribution in [2.75, 3.05) is 33.7 Å². The second-order valence-electron chi connectivity index (χ2n) is 6.10. The van der Waals surface area contributed by atoms with Crippen molar-refractivity contribution in [3.8, 4) is 0 Å². The number of likely N-dealkylation sites (N-methyl/N-ethyl adjacent to an activating group) is 2. The minimum absolute atomic E-state index is 0.0577. The molecule has 2 atom stereocenters. The molecule has 2 N–H and O–H groups in total. The number of rotatable bonds is 7. The number of β-amino-alcohol motifs (C(OH)–C–C–N with tert-alkyl or cyclic N) is 1. The molecule has 1 aliphatic rings. The predicted molar refractivity (Wildman–Crippen MR) is 87.4 cm³/mol. The van der Waals surface area contributed by atoms with Crippen LogP contribution >= 0.6 is 0 Å². The number of aliphatic hydroxyl groups excluding tert-OH is 1. The van der Waals surface area contributed by atoms with E-state index in [0.717, 1.165) is 25.9 Å². The highest BCUT2D eigenvalue weighted by atomic mass is 16.3. The largest absolute Gasteiger partial charge is 0.390 e. The molecule has 0 saturated carbocycles. The Bertz CT molecular complexity index is 466. The molecular weight excluding hydrogens is 278 g/mol. The second-order valence-corrected chi connectivity index (χ2v) is 6.10. The minimum atomic E-state index is -0.445. The quantitative estimate of drug-likeness (QED) is 0.778. The molecule has 122 valence electrons. The lowest BCUT2D eigenvalue weighted by Gasteiger charge is -2.27. The highest BCUT2D eigenvalue weighted by Crippen LogP contribution is 2.17. The third-order valence-corrected chi connectivity index (χ3v) is 4.18. The van der Waals surface area contributed by atoms with Crippen molar-refractivity contribution in [1.29, 1.82) is 0 Å². The molecular formula is C17H27N3O2. The number of benzene rings is 1. The number of hydrogen-bond acceptors (Lipinski definition) is 4. The van der Waals surface area contributed by atoms with Gasteiger partial charge in [0.1, 0.15) is 0 Å². The molecule has 5 nitrogen and oxygen atoms in total. The summed E-state index contributed by atoms with van der Waals surface area (Å²) in [5, 5.41) is 13.0. The predicted octanol–water partition coefficient (Wildman–Crippen LogP) is 0.690. The number of carbonyl (C=O) groups excluding carboxylic acids is 1. The zero-order valence-corrected chi connectivity index (χ0v) is 13.5. The van der Waals surface area contributed by atoms with Crippen molar-refractivity contribution in [2.45, 2.75) is 31.5 Å². The number of likely N-dealkylation sites (tertiary alicyclic amines) is 1. The molecule has 0 aliphatic carbocycles. The zero-order valence-electron chi connectivity index (χ0n) is 13.5. The Hall–Kier alpha value is -1.43. The van der Waals surface area contributed by atoms with Crippen molar-refractivity contribution in [2.24, 2.45) is 0 Å². The van der Waals surface area contributed by atoms with Crippen LogP contribution < -0.4 is 5.32 Å². The average Bonchev–Trinajstić information content (AvgIpc) is 2.95. The third kappa shape index (κ3) is 4.80. The highest BCUT2D eigenvalue weighted by molar-refractivity contribution is 5.81. The number of nitrogens with zero attached hydrogens (tertiary/aromatic N) is 2. The van der Waals surface area contributed by atoms with Gasteiger partial charge in [-0.1, -0.05) is 30.3 Å². The molecule has 2 unspecified atom stereocenters. The minimum Gasteiger partial charge on any atom is -0.390 e. The molecule has 22 heavy (non-hydrogen) atoms. The fourth-order valence-corrected chi connectivity index (χ4v) is 3.16. The van der Waals surface area contributed by atoms with Crippen molar-refractivity contribution in [1.82, 2.24) is 15.1 Å². The van der Waals surface area contributed by atoms with Crippen LogP contribution in [0.25, 0.3) is 0 Å². The normalized spacial score (nSPS) is 20.3. The summed E-state index contributed by atoms with van der Waals surface area (Å²) in [6.45, 7) is 2.86. The maximum Gasteiger partial charge on any atom is 0.237 e. The molecule has 1 aliphatic heterocycles. The maximum absolute atomic E-state index is 11.8. The summed E-state index contributed by atoms with van der Waals surface area (Å²) in [6, 6.07) is 10.1. The molecule has 1 heterocycles. The standard InChI is InChI=1S/C17H27N3O2/c1-18-17(22)16-9-6-10-20(16)13-15(21)12-19(2)11-14-7-4-3-5-8-14/h3-5,7-8,15-16,21H,6,9-13H2,1-2H3,(H,18,22). The van der Waals surface area contributed by atoms with Gasteiger partial charge >= 0.3 is 0 Å². The maximum atomic E-state index is 11.8. The van der Waals surface area contributed by atoms with Crippen molar-refractivity contribution >= 4 is 5.91 Å². The van der Waals surface area contributed by atoms with E-state index in [2.05, 4.69) is 27.2 Å². The monoisotopic (exact) mass is 305 g/mol. The van der Waals surface area contributed by atoms with Gasteiger partial charge in [0.15, 0.2) is 0 Å². The van der Waals surface area contributed by atoms with Crippen LogP contribution in [0.5, 0.6) is 0 Å². The number of carbonyl (C=O) groups is 1. The number of nitrogens with one attached hydrogen (secondary N) is 1. The first-order valence-corrected chi connectivity index (χ1v) is 7.96. The van der Waals surface area contributed by atoms with Crippen LogP contribution in [0.2, 0.25) is 0 Å². The first-order valence-electron chi connectivity index (χ1n) is 7.96. The van der Waals surface area contributed by atoms with Gasteiger partial charge in [-0.2, -0.15) is 0 Å². The molecule has 1 aromatic rings. The first-order chi connectivity index (χ1) is 10.6. The Balaban J connectivity index is 1.79. The molecule has 0 aromatic heterocycles. The van der Waals surface area contributed by atoms with Gasteiger partial charge in [0.2, 0.25) is 5.91 Å². The molecule has 1 saturated heterocycles. The van der Waals surface area contributed by atoms with E-state index in [1.807, 2.05) is 25.2 Å². The lowest BCUT2D eigenvalue weighted by atomic mass is 10.2. The van der Waals surface area contributed by atoms with Gasteiger partial charge in [0.05, 0.1) is 12.1 Å². The Labute approximate surface area is 132 Å². The summed E-state index contributed by atoms with van der Waals surface area (Å²) in [5.74, 6) is 0.0577. The van der Waals surface area contributed by atoms with Gasteiger partial charge in [-0.3, -0.25) is 14.6 Å². The van der Waals surface area contributed by atoms with E-state index in [1.165, 1.54) is 5.56 Å². The number of hydrogen-bond donors (Lipinski definition) is 2. The summed E-state index contributed by atoms with van der Waals surface area (Å²) in [4.78, 5) is 16.0. The van der Waals surface area contributed by atoms with E-state index in [0.29, 0.717) is 13.1 Å². The van der Waals surface area contributed by atoms with Crippen LogP contribution in [-0.2, 0) is 11.3 Å².